The summed E-state index contributed by atoms with van der Waals surface area (Å²) in [5, 5.41) is 0.318. The smallest absolute Gasteiger partial charge is 0.254 e. The fourth-order valence-electron chi connectivity index (χ4n) is 1.68. The number of nitrogens with zero attached hydrogens (tertiary/aromatic N) is 2. The van der Waals surface area contributed by atoms with Crippen LogP contribution in [0.4, 0.5) is 0 Å². The van der Waals surface area contributed by atoms with Crippen LogP contribution in [0.25, 0.3) is 0 Å². The Morgan fingerprint density at radius 3 is 3.08 bits per heavy atom. The molecule has 0 fully saturated rings. The van der Waals surface area contributed by atoms with Gasteiger partial charge in [0.2, 0.25) is 0 Å². The summed E-state index contributed by atoms with van der Waals surface area (Å²) in [5.74, 6) is 0.843. The van der Waals surface area contributed by atoms with E-state index < -0.39 is 0 Å². The van der Waals surface area contributed by atoms with Crippen LogP contribution in [-0.4, -0.2) is 9.55 Å². The second-order valence-electron chi connectivity index (χ2n) is 3.30. The minimum absolute atomic E-state index is 0.0168. The van der Waals surface area contributed by atoms with Gasteiger partial charge in [-0.2, -0.15) is 0 Å². The minimum atomic E-state index is -0.0168. The lowest BCUT2D eigenvalue weighted by Gasteiger charge is -2.06. The van der Waals surface area contributed by atoms with Crippen LogP contribution in [0.1, 0.15) is 25.1 Å². The molecule has 3 nitrogen and oxygen atoms in total. The normalized spacial score (nSPS) is 16.4. The molecule has 1 aliphatic heterocycles. The SMILES string of the molecule is O=c1cc(Cl)nc2n1CCCCC2. The van der Waals surface area contributed by atoms with Gasteiger partial charge in [-0.3, -0.25) is 9.36 Å². The molecule has 0 saturated heterocycles. The van der Waals surface area contributed by atoms with E-state index in [2.05, 4.69) is 4.98 Å². The second kappa shape index (κ2) is 3.50. The van der Waals surface area contributed by atoms with Gasteiger partial charge in [0.05, 0.1) is 0 Å². The maximum atomic E-state index is 11.5. The topological polar surface area (TPSA) is 34.9 Å². The predicted octanol–water partition coefficient (Wildman–Crippen LogP) is 1.62. The van der Waals surface area contributed by atoms with E-state index in [1.807, 2.05) is 0 Å². The summed E-state index contributed by atoms with van der Waals surface area (Å²) in [6.45, 7) is 0.790. The number of fused-ring (bicyclic) bond motifs is 1. The van der Waals surface area contributed by atoms with Crippen LogP contribution in [0.5, 0.6) is 0 Å². The molecule has 2 heterocycles. The van der Waals surface area contributed by atoms with Gasteiger partial charge in [-0.25, -0.2) is 4.98 Å². The number of aromatic nitrogens is 2. The summed E-state index contributed by atoms with van der Waals surface area (Å²) in [7, 11) is 0. The van der Waals surface area contributed by atoms with Crippen molar-refractivity contribution < 1.29 is 0 Å². The van der Waals surface area contributed by atoms with Gasteiger partial charge < -0.3 is 0 Å². The molecule has 0 saturated carbocycles. The zero-order valence-corrected chi connectivity index (χ0v) is 8.05. The lowest BCUT2D eigenvalue weighted by Crippen LogP contribution is -2.23. The van der Waals surface area contributed by atoms with E-state index in [1.165, 1.54) is 12.5 Å². The molecule has 0 atom stereocenters. The Morgan fingerprint density at radius 2 is 2.23 bits per heavy atom. The van der Waals surface area contributed by atoms with Crippen LogP contribution in [0.2, 0.25) is 5.15 Å². The Labute approximate surface area is 81.4 Å². The molecule has 0 amide bonds. The van der Waals surface area contributed by atoms with E-state index >= 15 is 0 Å². The third kappa shape index (κ3) is 1.75. The van der Waals surface area contributed by atoms with Crippen LogP contribution in [-0.2, 0) is 13.0 Å². The minimum Gasteiger partial charge on any atom is -0.297 e. The van der Waals surface area contributed by atoms with E-state index in [0.29, 0.717) is 5.15 Å². The molecular weight excluding hydrogens is 188 g/mol. The zero-order chi connectivity index (χ0) is 9.26. The van der Waals surface area contributed by atoms with Crippen molar-refractivity contribution in [1.29, 1.82) is 0 Å². The predicted molar refractivity (Wildman–Crippen MR) is 51.1 cm³/mol. The van der Waals surface area contributed by atoms with Crippen molar-refractivity contribution in [2.75, 3.05) is 0 Å². The molecule has 1 aromatic rings. The fourth-order valence-corrected chi connectivity index (χ4v) is 1.87. The summed E-state index contributed by atoms with van der Waals surface area (Å²) >= 11 is 5.71. The van der Waals surface area contributed by atoms with Crippen LogP contribution < -0.4 is 5.56 Å². The summed E-state index contributed by atoms with van der Waals surface area (Å²) in [6, 6.07) is 1.39. The quantitative estimate of drug-likeness (QED) is 0.594. The van der Waals surface area contributed by atoms with Crippen LogP contribution in [0.15, 0.2) is 10.9 Å². The lowest BCUT2D eigenvalue weighted by atomic mass is 10.2. The number of aryl methyl sites for hydroxylation is 1. The molecule has 0 unspecified atom stereocenters. The number of hydrogen-bond donors (Lipinski definition) is 0. The van der Waals surface area contributed by atoms with Gasteiger partial charge in [0.15, 0.2) is 0 Å². The van der Waals surface area contributed by atoms with Crippen molar-refractivity contribution in [3.63, 3.8) is 0 Å². The Bertz CT molecular complexity index is 372. The highest BCUT2D eigenvalue weighted by Crippen LogP contribution is 2.12. The molecule has 0 aromatic carbocycles. The average Bonchev–Trinajstić information content (AvgIpc) is 2.28. The molecule has 0 spiro atoms. The Kier molecular flexibility index (Phi) is 2.36. The molecule has 0 bridgehead atoms. The Morgan fingerprint density at radius 1 is 1.38 bits per heavy atom. The molecule has 1 aromatic heterocycles. The Balaban J connectivity index is 2.53. The van der Waals surface area contributed by atoms with E-state index in [9.17, 15) is 4.79 Å². The third-order valence-corrected chi connectivity index (χ3v) is 2.53. The van der Waals surface area contributed by atoms with Gasteiger partial charge in [0.1, 0.15) is 11.0 Å². The van der Waals surface area contributed by atoms with Gasteiger partial charge in [-0.15, -0.1) is 0 Å². The molecule has 0 aliphatic carbocycles. The number of rotatable bonds is 0. The third-order valence-electron chi connectivity index (χ3n) is 2.34. The van der Waals surface area contributed by atoms with Crippen LogP contribution in [0.3, 0.4) is 0 Å². The van der Waals surface area contributed by atoms with E-state index in [0.717, 1.165) is 31.6 Å². The molecule has 2 rings (SSSR count). The van der Waals surface area contributed by atoms with Gasteiger partial charge in [-0.05, 0) is 12.8 Å². The van der Waals surface area contributed by atoms with Gasteiger partial charge in [0.25, 0.3) is 5.56 Å². The van der Waals surface area contributed by atoms with Crippen LogP contribution >= 0.6 is 11.6 Å². The Hall–Kier alpha value is -0.830. The van der Waals surface area contributed by atoms with E-state index in [4.69, 9.17) is 11.6 Å². The number of hydrogen-bond acceptors (Lipinski definition) is 2. The van der Waals surface area contributed by atoms with Crippen molar-refractivity contribution in [1.82, 2.24) is 9.55 Å². The van der Waals surface area contributed by atoms with Crippen molar-refractivity contribution in [3.8, 4) is 0 Å². The fraction of sp³-hybridized carbons (Fsp3) is 0.556. The van der Waals surface area contributed by atoms with Gasteiger partial charge in [0, 0.05) is 19.0 Å². The molecule has 1 aliphatic rings. The van der Waals surface area contributed by atoms with Crippen molar-refractivity contribution in [2.45, 2.75) is 32.2 Å². The summed E-state index contributed by atoms with van der Waals surface area (Å²) in [4.78, 5) is 15.6. The molecular formula is C9H11ClN2O. The van der Waals surface area contributed by atoms with Gasteiger partial charge >= 0.3 is 0 Å². The van der Waals surface area contributed by atoms with Gasteiger partial charge in [-0.1, -0.05) is 18.0 Å². The first-order valence-corrected chi connectivity index (χ1v) is 4.91. The van der Waals surface area contributed by atoms with E-state index in [-0.39, 0.29) is 5.56 Å². The first-order valence-electron chi connectivity index (χ1n) is 4.53. The standard InChI is InChI=1S/C9H11ClN2O/c10-7-6-9(13)12-5-3-1-2-4-8(12)11-7/h6H,1-5H2. The summed E-state index contributed by atoms with van der Waals surface area (Å²) in [6.07, 6.45) is 4.21. The van der Waals surface area contributed by atoms with Crippen molar-refractivity contribution >= 4 is 11.6 Å². The summed E-state index contributed by atoms with van der Waals surface area (Å²) < 4.78 is 1.74. The zero-order valence-electron chi connectivity index (χ0n) is 7.29. The monoisotopic (exact) mass is 198 g/mol. The van der Waals surface area contributed by atoms with Crippen molar-refractivity contribution in [2.24, 2.45) is 0 Å². The highest BCUT2D eigenvalue weighted by molar-refractivity contribution is 6.29. The molecule has 0 radical (unpaired) electrons. The van der Waals surface area contributed by atoms with Crippen LogP contribution in [0, 0.1) is 0 Å². The number of halogens is 1. The maximum Gasteiger partial charge on any atom is 0.254 e. The first-order chi connectivity index (χ1) is 6.27. The molecule has 4 heteroatoms. The van der Waals surface area contributed by atoms with E-state index in [1.54, 1.807) is 4.57 Å². The highest BCUT2D eigenvalue weighted by atomic mass is 35.5. The average molecular weight is 199 g/mol. The maximum absolute atomic E-state index is 11.5. The summed E-state index contributed by atoms with van der Waals surface area (Å²) in [5.41, 5.74) is -0.0168. The molecule has 0 N–H and O–H groups in total. The second-order valence-corrected chi connectivity index (χ2v) is 3.68. The lowest BCUT2D eigenvalue weighted by molar-refractivity contribution is 0.608. The first kappa shape index (κ1) is 8.75. The molecule has 13 heavy (non-hydrogen) atoms. The highest BCUT2D eigenvalue weighted by Gasteiger charge is 2.10. The van der Waals surface area contributed by atoms with Crippen molar-refractivity contribution in [3.05, 3.63) is 27.4 Å². The molecule has 70 valence electrons. The largest absolute Gasteiger partial charge is 0.297 e.